The van der Waals surface area contributed by atoms with Crippen molar-refractivity contribution in [2.45, 2.75) is 6.92 Å². The molecule has 0 atom stereocenters. The van der Waals surface area contributed by atoms with Gasteiger partial charge in [0.1, 0.15) is 5.69 Å². The van der Waals surface area contributed by atoms with E-state index >= 15 is 0 Å². The molecule has 0 amide bonds. The van der Waals surface area contributed by atoms with Gasteiger partial charge in [-0.25, -0.2) is 9.97 Å². The summed E-state index contributed by atoms with van der Waals surface area (Å²) in [5.74, 6) is 0.476. The van der Waals surface area contributed by atoms with E-state index < -0.39 is 4.92 Å². The summed E-state index contributed by atoms with van der Waals surface area (Å²) in [6.07, 6.45) is 3.21. The van der Waals surface area contributed by atoms with Gasteiger partial charge in [0, 0.05) is 30.6 Å². The Bertz CT molecular complexity index is 557. The van der Waals surface area contributed by atoms with Crippen molar-refractivity contribution in [3.05, 3.63) is 46.8 Å². The fraction of sp³-hybridized carbons (Fsp3) is 0.167. The first-order valence-electron chi connectivity index (χ1n) is 5.52. The molecule has 0 bridgehead atoms. The molecule has 0 saturated carbocycles. The highest BCUT2D eigenvalue weighted by Gasteiger charge is 2.15. The predicted octanol–water partition coefficient (Wildman–Crippen LogP) is 2.48. The number of nitrogens with one attached hydrogen (secondary N) is 1. The number of nitro groups is 1. The average Bonchev–Trinajstić information content (AvgIpc) is 2.40. The van der Waals surface area contributed by atoms with Crippen LogP contribution in [0, 0.1) is 10.1 Å². The molecule has 0 fully saturated rings. The van der Waals surface area contributed by atoms with E-state index in [-0.39, 0.29) is 5.69 Å². The summed E-state index contributed by atoms with van der Waals surface area (Å²) in [5, 5.41) is 14.0. The van der Waals surface area contributed by atoms with E-state index in [0.717, 1.165) is 0 Å². The second kappa shape index (κ2) is 5.22. The Morgan fingerprint density at radius 1 is 1.33 bits per heavy atom. The zero-order valence-electron chi connectivity index (χ0n) is 9.83. The molecule has 1 heterocycles. The quantitative estimate of drug-likeness (QED) is 0.660. The number of aromatic nitrogens is 2. The number of benzene rings is 1. The molecule has 0 aliphatic heterocycles. The van der Waals surface area contributed by atoms with E-state index in [1.807, 2.05) is 6.92 Å². The van der Waals surface area contributed by atoms with Gasteiger partial charge < -0.3 is 5.32 Å². The highest BCUT2D eigenvalue weighted by Crippen LogP contribution is 2.28. The summed E-state index contributed by atoms with van der Waals surface area (Å²) in [6.45, 7) is 2.51. The number of anilines is 1. The molecular formula is C12H12N4O2. The molecule has 1 N–H and O–H groups in total. The Kier molecular flexibility index (Phi) is 3.47. The van der Waals surface area contributed by atoms with Gasteiger partial charge in [0.2, 0.25) is 0 Å². The van der Waals surface area contributed by atoms with Crippen molar-refractivity contribution in [1.29, 1.82) is 0 Å². The van der Waals surface area contributed by atoms with E-state index in [0.29, 0.717) is 23.6 Å². The second-order valence-electron chi connectivity index (χ2n) is 3.59. The first kappa shape index (κ1) is 12.0. The van der Waals surface area contributed by atoms with Gasteiger partial charge >= 0.3 is 0 Å². The monoisotopic (exact) mass is 244 g/mol. The zero-order chi connectivity index (χ0) is 13.0. The Morgan fingerprint density at radius 2 is 2.06 bits per heavy atom. The lowest BCUT2D eigenvalue weighted by Crippen LogP contribution is -2.01. The smallest absolute Gasteiger partial charge is 0.293 e. The molecule has 0 aliphatic carbocycles. The van der Waals surface area contributed by atoms with Crippen molar-refractivity contribution in [2.75, 3.05) is 11.9 Å². The van der Waals surface area contributed by atoms with Crippen LogP contribution in [0.15, 0.2) is 36.7 Å². The molecule has 6 nitrogen and oxygen atoms in total. The van der Waals surface area contributed by atoms with E-state index in [1.54, 1.807) is 30.6 Å². The van der Waals surface area contributed by atoms with Crippen LogP contribution in [0.1, 0.15) is 6.92 Å². The van der Waals surface area contributed by atoms with Gasteiger partial charge in [-0.3, -0.25) is 10.1 Å². The van der Waals surface area contributed by atoms with Crippen molar-refractivity contribution in [1.82, 2.24) is 9.97 Å². The number of nitro benzene ring substituents is 1. The third-order valence-corrected chi connectivity index (χ3v) is 2.39. The van der Waals surface area contributed by atoms with Crippen LogP contribution in [-0.2, 0) is 0 Å². The number of rotatable bonds is 4. The van der Waals surface area contributed by atoms with Gasteiger partial charge in [-0.2, -0.15) is 0 Å². The van der Waals surface area contributed by atoms with Crippen LogP contribution in [0.5, 0.6) is 0 Å². The molecule has 1 aromatic carbocycles. The van der Waals surface area contributed by atoms with Gasteiger partial charge in [-0.15, -0.1) is 0 Å². The molecule has 0 saturated heterocycles. The maximum Gasteiger partial charge on any atom is 0.293 e. The third kappa shape index (κ3) is 2.42. The molecule has 0 spiro atoms. The average molecular weight is 244 g/mol. The standard InChI is InChI=1S/C12H12N4O2/c1-2-13-10-5-4-9(8-11(10)16(17)18)12-14-6-3-7-15-12/h3-8,13H,2H2,1H3. The largest absolute Gasteiger partial charge is 0.380 e. The molecule has 92 valence electrons. The molecule has 2 rings (SSSR count). The van der Waals surface area contributed by atoms with Crippen LogP contribution < -0.4 is 5.32 Å². The molecule has 6 heteroatoms. The SMILES string of the molecule is CCNc1ccc(-c2ncccn2)cc1[N+](=O)[O-]. The minimum atomic E-state index is -0.412. The summed E-state index contributed by atoms with van der Waals surface area (Å²) in [6, 6.07) is 6.62. The lowest BCUT2D eigenvalue weighted by molar-refractivity contribution is -0.383. The Hall–Kier alpha value is -2.50. The maximum absolute atomic E-state index is 11.0. The van der Waals surface area contributed by atoms with Gasteiger partial charge in [-0.05, 0) is 25.1 Å². The highest BCUT2D eigenvalue weighted by atomic mass is 16.6. The second-order valence-corrected chi connectivity index (χ2v) is 3.59. The molecule has 2 aromatic rings. The molecule has 0 radical (unpaired) electrons. The first-order chi connectivity index (χ1) is 8.72. The van der Waals surface area contributed by atoms with E-state index in [1.165, 1.54) is 6.07 Å². The van der Waals surface area contributed by atoms with Crippen LogP contribution in [0.4, 0.5) is 11.4 Å². The summed E-state index contributed by atoms with van der Waals surface area (Å²) in [4.78, 5) is 18.7. The Balaban J connectivity index is 2.46. The molecule has 0 unspecified atom stereocenters. The van der Waals surface area contributed by atoms with Gasteiger partial charge in [0.25, 0.3) is 5.69 Å². The van der Waals surface area contributed by atoms with Gasteiger partial charge in [0.15, 0.2) is 5.82 Å². The van der Waals surface area contributed by atoms with Crippen LogP contribution in [0.2, 0.25) is 0 Å². The van der Waals surface area contributed by atoms with E-state index in [4.69, 9.17) is 0 Å². The van der Waals surface area contributed by atoms with Crippen LogP contribution in [0.3, 0.4) is 0 Å². The van der Waals surface area contributed by atoms with Gasteiger partial charge in [-0.1, -0.05) is 0 Å². The van der Waals surface area contributed by atoms with Gasteiger partial charge in [0.05, 0.1) is 4.92 Å². The summed E-state index contributed by atoms with van der Waals surface area (Å²) < 4.78 is 0. The number of hydrogen-bond donors (Lipinski definition) is 1. The Morgan fingerprint density at radius 3 is 2.67 bits per heavy atom. The van der Waals surface area contributed by atoms with Crippen molar-refractivity contribution in [2.24, 2.45) is 0 Å². The minimum absolute atomic E-state index is 0.0294. The summed E-state index contributed by atoms with van der Waals surface area (Å²) >= 11 is 0. The van der Waals surface area contributed by atoms with Crippen molar-refractivity contribution in [3.8, 4) is 11.4 Å². The van der Waals surface area contributed by atoms with Crippen molar-refractivity contribution in [3.63, 3.8) is 0 Å². The summed E-state index contributed by atoms with van der Waals surface area (Å²) in [7, 11) is 0. The Labute approximate surface area is 104 Å². The lowest BCUT2D eigenvalue weighted by Gasteiger charge is -2.06. The van der Waals surface area contributed by atoms with Crippen molar-refractivity contribution >= 4 is 11.4 Å². The molecular weight excluding hydrogens is 232 g/mol. The maximum atomic E-state index is 11.0. The minimum Gasteiger partial charge on any atom is -0.380 e. The molecule has 1 aromatic heterocycles. The normalized spacial score (nSPS) is 10.1. The first-order valence-corrected chi connectivity index (χ1v) is 5.52. The molecule has 0 aliphatic rings. The van der Waals surface area contributed by atoms with E-state index in [9.17, 15) is 10.1 Å². The zero-order valence-corrected chi connectivity index (χ0v) is 9.83. The number of hydrogen-bond acceptors (Lipinski definition) is 5. The summed E-state index contributed by atoms with van der Waals surface area (Å²) in [5.41, 5.74) is 1.16. The van der Waals surface area contributed by atoms with Crippen molar-refractivity contribution < 1.29 is 4.92 Å². The topological polar surface area (TPSA) is 81.0 Å². The third-order valence-electron chi connectivity index (χ3n) is 2.39. The predicted molar refractivity (Wildman–Crippen MR) is 68.3 cm³/mol. The van der Waals surface area contributed by atoms with Crippen LogP contribution in [0.25, 0.3) is 11.4 Å². The van der Waals surface area contributed by atoms with E-state index in [2.05, 4.69) is 15.3 Å². The molecule has 18 heavy (non-hydrogen) atoms. The lowest BCUT2D eigenvalue weighted by atomic mass is 10.1. The number of nitrogens with zero attached hydrogens (tertiary/aromatic N) is 3. The highest BCUT2D eigenvalue weighted by molar-refractivity contribution is 5.70. The fourth-order valence-electron chi connectivity index (χ4n) is 1.61. The van der Waals surface area contributed by atoms with Crippen LogP contribution >= 0.6 is 0 Å². The fourth-order valence-corrected chi connectivity index (χ4v) is 1.61. The van der Waals surface area contributed by atoms with Crippen LogP contribution in [-0.4, -0.2) is 21.4 Å².